The lowest BCUT2D eigenvalue weighted by Crippen LogP contribution is -2.35. The molecular weight excluding hydrogens is 569 g/mol. The maximum atomic E-state index is 13.9. The van der Waals surface area contributed by atoms with E-state index in [4.69, 9.17) is 40.2 Å². The molecule has 38 heavy (non-hydrogen) atoms. The molecule has 4 nitrogen and oxygen atoms in total. The Morgan fingerprint density at radius 3 is 2.11 bits per heavy atom. The third kappa shape index (κ3) is 6.63. The van der Waals surface area contributed by atoms with Crippen molar-refractivity contribution >= 4 is 63.9 Å². The van der Waals surface area contributed by atoms with Crippen molar-refractivity contribution in [3.05, 3.63) is 111 Å². The van der Waals surface area contributed by atoms with Crippen molar-refractivity contribution in [1.82, 2.24) is 5.32 Å². The van der Waals surface area contributed by atoms with Gasteiger partial charge in [0, 0.05) is 20.5 Å². The number of carbonyl (C=O) groups is 1. The van der Waals surface area contributed by atoms with Crippen molar-refractivity contribution in [2.75, 3.05) is 5.32 Å². The molecule has 0 saturated heterocycles. The second-order valence-corrected chi connectivity index (χ2v) is 10.5. The summed E-state index contributed by atoms with van der Waals surface area (Å²) in [6.45, 7) is 3.57. The van der Waals surface area contributed by atoms with E-state index in [1.54, 1.807) is 24.8 Å². The fraction of sp³-hybridized carbons (Fsp3) is 0.0714. The zero-order chi connectivity index (χ0) is 27.4. The predicted octanol–water partition coefficient (Wildman–Crippen LogP) is 8.96. The topological polar surface area (TPSA) is 50.4 Å². The molecule has 0 fully saturated rings. The molecule has 0 aliphatic rings. The molecule has 0 aliphatic carbocycles. The van der Waals surface area contributed by atoms with Crippen LogP contribution in [-0.4, -0.2) is 11.0 Å². The molecule has 4 aromatic rings. The van der Waals surface area contributed by atoms with Gasteiger partial charge in [0.15, 0.2) is 5.11 Å². The summed E-state index contributed by atoms with van der Waals surface area (Å²) in [4.78, 5) is 14.4. The summed E-state index contributed by atoms with van der Waals surface area (Å²) in [5.41, 5.74) is 1.10. The normalized spacial score (nSPS) is 10.7. The van der Waals surface area contributed by atoms with Crippen molar-refractivity contribution in [2.45, 2.75) is 23.6 Å². The number of halogens is 4. The Kier molecular flexibility index (Phi) is 8.89. The van der Waals surface area contributed by atoms with Gasteiger partial charge in [0.05, 0.1) is 5.02 Å². The molecule has 0 bridgehead atoms. The van der Waals surface area contributed by atoms with Crippen LogP contribution in [0.15, 0.2) is 82.6 Å². The highest BCUT2D eigenvalue weighted by Crippen LogP contribution is 2.39. The first kappa shape index (κ1) is 27.9. The third-order valence-electron chi connectivity index (χ3n) is 5.41. The van der Waals surface area contributed by atoms with Crippen LogP contribution < -0.4 is 15.4 Å². The maximum Gasteiger partial charge on any atom is 0.263 e. The monoisotopic (exact) mass is 588 g/mol. The van der Waals surface area contributed by atoms with Crippen LogP contribution in [0.25, 0.3) is 0 Å². The highest BCUT2D eigenvalue weighted by atomic mass is 35.5. The van der Waals surface area contributed by atoms with Gasteiger partial charge in [-0.25, -0.2) is 8.78 Å². The molecule has 1 amide bonds. The first-order valence-corrected chi connectivity index (χ1v) is 13.2. The molecule has 0 atom stereocenters. The number of hydrogen-bond acceptors (Lipinski definition) is 4. The number of amides is 1. The largest absolute Gasteiger partial charge is 0.456 e. The minimum Gasteiger partial charge on any atom is -0.456 e. The zero-order valence-electron chi connectivity index (χ0n) is 20.1. The number of rotatable bonds is 6. The van der Waals surface area contributed by atoms with Crippen LogP contribution in [0.4, 0.5) is 14.5 Å². The van der Waals surface area contributed by atoms with Gasteiger partial charge in [-0.3, -0.25) is 10.1 Å². The summed E-state index contributed by atoms with van der Waals surface area (Å²) in [6.07, 6.45) is 0. The van der Waals surface area contributed by atoms with E-state index in [9.17, 15) is 13.6 Å². The number of thiocarbonyl (C=S) groups is 1. The number of carbonyl (C=O) groups excluding carboxylic acids is 1. The van der Waals surface area contributed by atoms with E-state index < -0.39 is 23.1 Å². The Bertz CT molecular complexity index is 1500. The van der Waals surface area contributed by atoms with Crippen LogP contribution in [0, 0.1) is 25.5 Å². The van der Waals surface area contributed by atoms with Crippen LogP contribution >= 0.6 is 47.2 Å². The predicted molar refractivity (Wildman–Crippen MR) is 153 cm³/mol. The standard InChI is InChI=1S/C28H20Cl2F2N2O2S2/c1-15-14-23(33-28(37)34-27(35)24-21(31)4-3-5-22(24)32)16(2)25(30)26(15)36-18-8-12-20(13-9-18)38-19-10-6-17(29)7-11-19/h3-14H,1-2H3,(H2,33,34,35,37). The van der Waals surface area contributed by atoms with Crippen molar-refractivity contribution in [2.24, 2.45) is 0 Å². The lowest BCUT2D eigenvalue weighted by Gasteiger charge is -2.18. The Hall–Kier alpha value is -3.17. The van der Waals surface area contributed by atoms with Crippen LogP contribution in [0.3, 0.4) is 0 Å². The molecule has 194 valence electrons. The minimum absolute atomic E-state index is 0.140. The lowest BCUT2D eigenvalue weighted by molar-refractivity contribution is 0.0969. The molecule has 2 N–H and O–H groups in total. The highest BCUT2D eigenvalue weighted by molar-refractivity contribution is 7.99. The van der Waals surface area contributed by atoms with Gasteiger partial charge in [0.2, 0.25) is 0 Å². The molecule has 4 aromatic carbocycles. The Labute approximate surface area is 238 Å². The lowest BCUT2D eigenvalue weighted by atomic mass is 10.1. The number of hydrogen-bond donors (Lipinski definition) is 2. The van der Waals surface area contributed by atoms with Crippen LogP contribution in [-0.2, 0) is 0 Å². The molecule has 0 unspecified atom stereocenters. The molecule has 0 aromatic heterocycles. The van der Waals surface area contributed by atoms with Gasteiger partial charge < -0.3 is 10.1 Å². The molecule has 0 radical (unpaired) electrons. The summed E-state index contributed by atoms with van der Waals surface area (Å²) < 4.78 is 33.9. The summed E-state index contributed by atoms with van der Waals surface area (Å²) in [6, 6.07) is 20.1. The highest BCUT2D eigenvalue weighted by Gasteiger charge is 2.19. The number of ether oxygens (including phenoxy) is 1. The van der Waals surface area contributed by atoms with Gasteiger partial charge in [-0.1, -0.05) is 41.0 Å². The van der Waals surface area contributed by atoms with E-state index in [1.165, 1.54) is 6.07 Å². The molecule has 0 spiro atoms. The second kappa shape index (κ2) is 12.1. The van der Waals surface area contributed by atoms with E-state index in [0.717, 1.165) is 21.9 Å². The molecule has 4 rings (SSSR count). The summed E-state index contributed by atoms with van der Waals surface area (Å²) in [7, 11) is 0. The molecule has 0 heterocycles. The number of aryl methyl sites for hydroxylation is 1. The number of anilines is 1. The van der Waals surface area contributed by atoms with E-state index in [1.807, 2.05) is 55.5 Å². The third-order valence-corrected chi connectivity index (χ3v) is 7.34. The van der Waals surface area contributed by atoms with Gasteiger partial charge in [-0.05, 0) is 104 Å². The van der Waals surface area contributed by atoms with Gasteiger partial charge in [0.25, 0.3) is 5.91 Å². The molecule has 10 heteroatoms. The number of nitrogens with one attached hydrogen (secondary N) is 2. The number of benzene rings is 4. The van der Waals surface area contributed by atoms with E-state index in [0.29, 0.717) is 38.4 Å². The van der Waals surface area contributed by atoms with Gasteiger partial charge >= 0.3 is 0 Å². The average molecular weight is 590 g/mol. The molecular formula is C28H20Cl2F2N2O2S2. The maximum absolute atomic E-state index is 13.9. The smallest absolute Gasteiger partial charge is 0.263 e. The first-order valence-electron chi connectivity index (χ1n) is 11.2. The van der Waals surface area contributed by atoms with E-state index in [2.05, 4.69) is 10.6 Å². The summed E-state index contributed by atoms with van der Waals surface area (Å²) in [5, 5.41) is 6.05. The SMILES string of the molecule is Cc1cc(NC(=S)NC(=O)c2c(F)cccc2F)c(C)c(Cl)c1Oc1ccc(Sc2ccc(Cl)cc2)cc1. The minimum atomic E-state index is -1.00. The van der Waals surface area contributed by atoms with E-state index >= 15 is 0 Å². The quantitative estimate of drug-likeness (QED) is 0.220. The van der Waals surface area contributed by atoms with E-state index in [-0.39, 0.29) is 5.11 Å². The fourth-order valence-corrected chi connectivity index (χ4v) is 4.91. The van der Waals surface area contributed by atoms with Crippen molar-refractivity contribution in [3.63, 3.8) is 0 Å². The Morgan fingerprint density at radius 2 is 1.50 bits per heavy atom. The average Bonchev–Trinajstić information content (AvgIpc) is 2.87. The zero-order valence-corrected chi connectivity index (χ0v) is 23.2. The fourth-order valence-electron chi connectivity index (χ4n) is 3.47. The van der Waals surface area contributed by atoms with Gasteiger partial charge in [-0.2, -0.15) is 0 Å². The summed E-state index contributed by atoms with van der Waals surface area (Å²) in [5.74, 6) is -1.91. The van der Waals surface area contributed by atoms with Crippen molar-refractivity contribution < 1.29 is 18.3 Å². The van der Waals surface area contributed by atoms with Gasteiger partial charge in [0.1, 0.15) is 28.7 Å². The van der Waals surface area contributed by atoms with Crippen molar-refractivity contribution in [3.8, 4) is 11.5 Å². The van der Waals surface area contributed by atoms with Crippen LogP contribution in [0.5, 0.6) is 11.5 Å². The molecule has 0 aliphatic heterocycles. The van der Waals surface area contributed by atoms with Gasteiger partial charge in [-0.15, -0.1) is 0 Å². The Balaban J connectivity index is 1.44. The molecule has 0 saturated carbocycles. The second-order valence-electron chi connectivity index (χ2n) is 8.14. The van der Waals surface area contributed by atoms with Crippen LogP contribution in [0.1, 0.15) is 21.5 Å². The Morgan fingerprint density at radius 1 is 0.921 bits per heavy atom. The summed E-state index contributed by atoms with van der Waals surface area (Å²) >= 11 is 19.3. The first-order chi connectivity index (χ1) is 18.1. The van der Waals surface area contributed by atoms with Crippen LogP contribution in [0.2, 0.25) is 10.0 Å². The van der Waals surface area contributed by atoms with Crippen molar-refractivity contribution in [1.29, 1.82) is 0 Å².